The Bertz CT molecular complexity index is 267. The molecule has 11 heavy (non-hydrogen) atoms. The first kappa shape index (κ1) is 8.33. The topological polar surface area (TPSA) is 17.1 Å². The molecular weight excluding hydrogens is 170 g/mol. The summed E-state index contributed by atoms with van der Waals surface area (Å²) in [6.45, 7) is 1.77. The van der Waals surface area contributed by atoms with E-state index in [4.69, 9.17) is 0 Å². The van der Waals surface area contributed by atoms with Crippen molar-refractivity contribution in [3.05, 3.63) is 21.9 Å². The van der Waals surface area contributed by atoms with Crippen LogP contribution in [-0.2, 0) is 0 Å². The van der Waals surface area contributed by atoms with Gasteiger partial charge in [-0.1, -0.05) is 0 Å². The lowest BCUT2D eigenvalue weighted by Gasteiger charge is -1.91. The van der Waals surface area contributed by atoms with Crippen molar-refractivity contribution < 1.29 is 13.6 Å². The van der Waals surface area contributed by atoms with E-state index in [1.54, 1.807) is 13.0 Å². The van der Waals surface area contributed by atoms with E-state index in [-0.39, 0.29) is 4.88 Å². The summed E-state index contributed by atoms with van der Waals surface area (Å²) in [5.41, 5.74) is 0. The van der Waals surface area contributed by atoms with Crippen LogP contribution in [0.5, 0.6) is 0 Å². The zero-order valence-electron chi connectivity index (χ0n) is 5.80. The van der Waals surface area contributed by atoms with Crippen LogP contribution >= 0.6 is 11.3 Å². The first-order valence-corrected chi connectivity index (χ1v) is 3.81. The number of hydrogen-bond acceptors (Lipinski definition) is 2. The molecule has 0 amide bonds. The number of thiophene rings is 1. The lowest BCUT2D eigenvalue weighted by Crippen LogP contribution is -2.07. The highest BCUT2D eigenvalue weighted by molar-refractivity contribution is 7.14. The van der Waals surface area contributed by atoms with Gasteiger partial charge < -0.3 is 0 Å². The van der Waals surface area contributed by atoms with E-state index in [1.165, 1.54) is 6.07 Å². The van der Waals surface area contributed by atoms with Gasteiger partial charge in [0.15, 0.2) is 0 Å². The first-order valence-electron chi connectivity index (χ1n) is 3.00. The van der Waals surface area contributed by atoms with Crippen LogP contribution in [0.3, 0.4) is 0 Å². The molecule has 0 fully saturated rings. The molecule has 0 N–H and O–H groups in total. The minimum absolute atomic E-state index is 0.137. The predicted octanol–water partition coefficient (Wildman–Crippen LogP) is 2.50. The van der Waals surface area contributed by atoms with E-state index in [9.17, 15) is 13.6 Å². The Morgan fingerprint density at radius 2 is 2.18 bits per heavy atom. The van der Waals surface area contributed by atoms with Crippen LogP contribution < -0.4 is 0 Å². The number of aryl methyl sites for hydroxylation is 1. The summed E-state index contributed by atoms with van der Waals surface area (Å²) in [6.07, 6.45) is -2.88. The average molecular weight is 176 g/mol. The van der Waals surface area contributed by atoms with E-state index >= 15 is 0 Å². The van der Waals surface area contributed by atoms with Gasteiger partial charge in [0.05, 0.1) is 4.88 Å². The quantitative estimate of drug-likeness (QED) is 0.633. The molecule has 0 unspecified atom stereocenters. The molecule has 0 aromatic carbocycles. The summed E-state index contributed by atoms with van der Waals surface area (Å²) in [5, 5.41) is 0. The molecule has 0 spiro atoms. The van der Waals surface area contributed by atoms with Crippen LogP contribution in [0.25, 0.3) is 0 Å². The Balaban J connectivity index is 2.85. The highest BCUT2D eigenvalue weighted by atomic mass is 32.1. The van der Waals surface area contributed by atoms with Crippen LogP contribution in [0.15, 0.2) is 12.1 Å². The van der Waals surface area contributed by atoms with Crippen molar-refractivity contribution >= 4 is 17.1 Å². The molecule has 4 heteroatoms. The third-order valence-electron chi connectivity index (χ3n) is 1.18. The first-order chi connectivity index (χ1) is 5.11. The Labute approximate surface area is 66.7 Å². The summed E-state index contributed by atoms with van der Waals surface area (Å²) in [4.78, 5) is 11.6. The molecule has 0 saturated carbocycles. The van der Waals surface area contributed by atoms with E-state index in [0.29, 0.717) is 0 Å². The van der Waals surface area contributed by atoms with Crippen LogP contribution in [0.1, 0.15) is 14.5 Å². The minimum Gasteiger partial charge on any atom is -0.287 e. The number of ketones is 1. The van der Waals surface area contributed by atoms with Crippen LogP contribution in [0, 0.1) is 6.92 Å². The van der Waals surface area contributed by atoms with E-state index in [2.05, 4.69) is 0 Å². The van der Waals surface area contributed by atoms with Crippen LogP contribution in [-0.4, -0.2) is 12.2 Å². The summed E-state index contributed by atoms with van der Waals surface area (Å²) in [5.74, 6) is -1.08. The van der Waals surface area contributed by atoms with E-state index in [0.717, 1.165) is 16.2 Å². The predicted molar refractivity (Wildman–Crippen MR) is 39.4 cm³/mol. The molecule has 0 aliphatic carbocycles. The summed E-state index contributed by atoms with van der Waals surface area (Å²) in [7, 11) is 0. The maximum absolute atomic E-state index is 11.8. The Morgan fingerprint density at radius 1 is 1.55 bits per heavy atom. The molecule has 1 rings (SSSR count). The molecule has 0 atom stereocenters. The van der Waals surface area contributed by atoms with Gasteiger partial charge in [-0.25, -0.2) is 8.78 Å². The molecule has 1 aromatic heterocycles. The van der Waals surface area contributed by atoms with Crippen molar-refractivity contribution in [2.75, 3.05) is 0 Å². The maximum atomic E-state index is 11.8. The summed E-state index contributed by atoms with van der Waals surface area (Å²) < 4.78 is 23.6. The fourth-order valence-corrected chi connectivity index (χ4v) is 1.48. The van der Waals surface area contributed by atoms with Crippen molar-refractivity contribution in [3.8, 4) is 0 Å². The normalized spacial score (nSPS) is 10.5. The van der Waals surface area contributed by atoms with Crippen molar-refractivity contribution in [1.82, 2.24) is 0 Å². The molecule has 1 heterocycles. The molecular formula is C7H6F2OS. The summed E-state index contributed by atoms with van der Waals surface area (Å²) in [6, 6.07) is 3.08. The highest BCUT2D eigenvalue weighted by Crippen LogP contribution is 2.17. The zero-order chi connectivity index (χ0) is 8.43. The highest BCUT2D eigenvalue weighted by Gasteiger charge is 2.18. The van der Waals surface area contributed by atoms with E-state index < -0.39 is 12.2 Å². The van der Waals surface area contributed by atoms with Gasteiger partial charge in [0.2, 0.25) is 5.78 Å². The Hall–Kier alpha value is -0.770. The Kier molecular flexibility index (Phi) is 2.34. The molecule has 1 nitrogen and oxygen atoms in total. The minimum atomic E-state index is -2.88. The molecule has 0 bridgehead atoms. The fourth-order valence-electron chi connectivity index (χ4n) is 0.674. The van der Waals surface area contributed by atoms with Gasteiger partial charge in [0.25, 0.3) is 0 Å². The van der Waals surface area contributed by atoms with Crippen LogP contribution in [0.2, 0.25) is 0 Å². The van der Waals surface area contributed by atoms with Gasteiger partial charge in [0.1, 0.15) is 0 Å². The van der Waals surface area contributed by atoms with Crippen molar-refractivity contribution in [3.63, 3.8) is 0 Å². The second-order valence-electron chi connectivity index (χ2n) is 2.08. The lowest BCUT2D eigenvalue weighted by atomic mass is 10.3. The number of carbonyl (C=O) groups is 1. The number of Topliss-reactive ketones (excluding diaryl/α,β-unsaturated/α-hetero) is 1. The van der Waals surface area contributed by atoms with Gasteiger partial charge in [-0.15, -0.1) is 11.3 Å². The standard InChI is InChI=1S/C7H6F2OS/c1-4-2-3-5(11-4)6(10)7(8)9/h2-3,7H,1H3. The number of alkyl halides is 2. The van der Waals surface area contributed by atoms with Gasteiger partial charge in [0, 0.05) is 4.88 Å². The van der Waals surface area contributed by atoms with Gasteiger partial charge in [-0.2, -0.15) is 0 Å². The fraction of sp³-hybridized carbons (Fsp3) is 0.286. The molecule has 0 aliphatic rings. The third kappa shape index (κ3) is 1.83. The SMILES string of the molecule is Cc1ccc(C(=O)C(F)F)s1. The second kappa shape index (κ2) is 3.09. The monoisotopic (exact) mass is 176 g/mol. The molecule has 60 valence electrons. The molecule has 0 radical (unpaired) electrons. The number of halogens is 2. The van der Waals surface area contributed by atoms with Gasteiger partial charge >= 0.3 is 6.43 Å². The molecule has 1 aromatic rings. The van der Waals surface area contributed by atoms with E-state index in [1.807, 2.05) is 0 Å². The summed E-state index contributed by atoms with van der Waals surface area (Å²) >= 11 is 1.09. The number of hydrogen-bond donors (Lipinski definition) is 0. The molecule has 0 aliphatic heterocycles. The lowest BCUT2D eigenvalue weighted by molar-refractivity contribution is 0.0683. The largest absolute Gasteiger partial charge is 0.301 e. The number of carbonyl (C=O) groups excluding carboxylic acids is 1. The number of rotatable bonds is 2. The smallest absolute Gasteiger partial charge is 0.287 e. The van der Waals surface area contributed by atoms with Gasteiger partial charge in [-0.05, 0) is 19.1 Å². The van der Waals surface area contributed by atoms with Crippen LogP contribution in [0.4, 0.5) is 8.78 Å². The maximum Gasteiger partial charge on any atom is 0.301 e. The Morgan fingerprint density at radius 3 is 2.55 bits per heavy atom. The second-order valence-corrected chi connectivity index (χ2v) is 3.36. The van der Waals surface area contributed by atoms with Crippen molar-refractivity contribution in [2.45, 2.75) is 13.3 Å². The average Bonchev–Trinajstić information content (AvgIpc) is 2.34. The zero-order valence-corrected chi connectivity index (χ0v) is 6.62. The van der Waals surface area contributed by atoms with Crippen molar-refractivity contribution in [2.24, 2.45) is 0 Å². The van der Waals surface area contributed by atoms with Crippen molar-refractivity contribution in [1.29, 1.82) is 0 Å². The molecule has 0 saturated heterocycles. The van der Waals surface area contributed by atoms with Gasteiger partial charge in [-0.3, -0.25) is 4.79 Å². The third-order valence-corrected chi connectivity index (χ3v) is 2.20.